The molecule has 0 unspecified atom stereocenters. The molecule has 0 spiro atoms. The Bertz CT molecular complexity index is 5650. The van der Waals surface area contributed by atoms with E-state index in [1.807, 2.05) is 13.8 Å². The summed E-state index contributed by atoms with van der Waals surface area (Å²) in [6.07, 6.45) is 0.479. The minimum atomic E-state index is -2.09. The number of aromatic hydroxyl groups is 1. The van der Waals surface area contributed by atoms with Crippen LogP contribution in [0.5, 0.6) is 5.75 Å². The first-order valence-electron chi connectivity index (χ1n) is 48.7. The number of aliphatic hydroxyl groups is 1. The Morgan fingerprint density at radius 2 is 1.22 bits per heavy atom. The maximum absolute atomic E-state index is 16.3. The number of nitrogens with two attached hydrogens (primary N) is 3. The largest absolute Gasteiger partial charge is 0.562 e. The average molecular weight is 2040 g/mol. The number of benzene rings is 4. The Morgan fingerprint density at radius 3 is 1.90 bits per heavy atom. The average Bonchev–Trinajstić information content (AvgIpc) is 1.63. The number of hydrogen-bond donors (Lipinski definition) is 18. The molecule has 21 N–H and O–H groups in total. The van der Waals surface area contributed by atoms with Crippen molar-refractivity contribution in [3.8, 4) is 5.75 Å². The highest BCUT2D eigenvalue weighted by Crippen LogP contribution is 2.30. The molecule has 4 bridgehead atoms. The Morgan fingerprint density at radius 1 is 0.604 bits per heavy atom. The number of hydrogen-bond acceptors (Lipinski definition) is 25. The van der Waals surface area contributed by atoms with Gasteiger partial charge in [0.25, 0.3) is 0 Å². The van der Waals surface area contributed by atoms with Gasteiger partial charge >= 0.3 is 13.1 Å². The molecule has 6 heterocycles. The number of nitrogens with zero attached hydrogens (tertiary/aromatic N) is 6. The van der Waals surface area contributed by atoms with Crippen LogP contribution in [0, 0.1) is 11.8 Å². The molecular weight excluding hydrogens is 1900 g/mol. The van der Waals surface area contributed by atoms with Gasteiger partial charge in [0.05, 0.1) is 24.8 Å². The number of rotatable bonds is 21. The van der Waals surface area contributed by atoms with Gasteiger partial charge in [0, 0.05) is 123 Å². The van der Waals surface area contributed by atoms with Crippen LogP contribution in [0.2, 0.25) is 5.02 Å². The molecule has 0 radical (unpaired) electrons. The zero-order chi connectivity index (χ0) is 105. The number of aliphatic hydroxyl groups excluding tert-OH is 1. The summed E-state index contributed by atoms with van der Waals surface area (Å²) < 4.78 is 7.28. The molecular formula is C98H135BClN21O22S. The van der Waals surface area contributed by atoms with E-state index in [2.05, 4.69) is 63.5 Å². The van der Waals surface area contributed by atoms with Crippen LogP contribution in [-0.2, 0) is 123 Å². The highest BCUT2D eigenvalue weighted by Gasteiger charge is 2.47. The summed E-state index contributed by atoms with van der Waals surface area (Å²) in [4.78, 5) is 278. The molecule has 4 aliphatic heterocycles. The number of likely N-dealkylation sites (N-methyl/N-ethyl adjacent to an activating group) is 3. The number of carbonyl (C=O) groups is 18. The quantitative estimate of drug-likeness (QED) is 0.0361. The molecule has 2 fully saturated rings. The summed E-state index contributed by atoms with van der Waals surface area (Å²) >= 11 is 7.43. The van der Waals surface area contributed by atoms with Gasteiger partial charge in [0.2, 0.25) is 100 Å². The first-order chi connectivity index (χ1) is 68.5. The van der Waals surface area contributed by atoms with Crippen molar-refractivity contribution in [2.45, 2.75) is 255 Å². The van der Waals surface area contributed by atoms with E-state index in [9.17, 15) is 53.6 Å². The second-order valence-corrected chi connectivity index (χ2v) is 39.5. The molecule has 15 atom stereocenters. The van der Waals surface area contributed by atoms with E-state index >= 15 is 47.9 Å². The van der Waals surface area contributed by atoms with E-state index in [0.29, 0.717) is 64.2 Å². The van der Waals surface area contributed by atoms with E-state index in [-0.39, 0.29) is 105 Å². The van der Waals surface area contributed by atoms with Crippen molar-refractivity contribution in [1.82, 2.24) is 92.5 Å². The van der Waals surface area contributed by atoms with E-state index in [0.717, 1.165) is 31.4 Å². The van der Waals surface area contributed by atoms with Crippen molar-refractivity contribution >= 4 is 164 Å². The molecule has 10 rings (SSSR count). The number of nitrogens with one attached hydrogen (secondary N) is 12. The molecule has 4 aliphatic rings. The molecule has 0 saturated carbocycles. The predicted octanol–water partition coefficient (Wildman–Crippen LogP) is -1.59. The lowest BCUT2D eigenvalue weighted by atomic mass is 9.76. The molecule has 0 aliphatic carbocycles. The Labute approximate surface area is 844 Å². The molecule has 2 aromatic heterocycles. The van der Waals surface area contributed by atoms with Crippen molar-refractivity contribution in [2.24, 2.45) is 29.0 Å². The number of phenolic OH excluding ortho intramolecular Hbond substituents is 1. The van der Waals surface area contributed by atoms with Crippen LogP contribution in [-0.4, -0.2) is 319 Å². The number of aromatic nitrogens is 2. The third-order valence-corrected chi connectivity index (χ3v) is 27.4. The van der Waals surface area contributed by atoms with Crippen LogP contribution in [0.3, 0.4) is 0 Å². The van der Waals surface area contributed by atoms with Gasteiger partial charge in [-0.2, -0.15) is 0 Å². The number of H-pyrrole nitrogens is 1. The SMILES string of the molecule is CCCC[C@H]1C(=O)N(C)[C@@H](CCCC)C(=O)N[C@@H](CC(C)C)C(=O)N[C@H](C(=O)NCC(N)=O)CSCC(=O)N[C@@H](Cc2ccc(O)cc2)C(=O)N(C)[C@@H](C)C(=O)N[C@@H](CC(N)=O)C(=O)N2CCC[C@H]2C(=O)N[C@H]2CNCc3ccc(Cl)cc3B(O)OC(=O)Cn3cc(c4ccccc43)C[C@H](NC(=O)[C@H](CCN)NC(=O)[C@H](Cc3c[nH]c4ccccc34)NC(=O)[C@@H]3C[C@@H](O)CN3C(=O)[C@H](CC(C)C)NC2=O)C(=O)N1C. The predicted molar refractivity (Wildman–Crippen MR) is 535 cm³/mol. The number of fused-ring (bicyclic) bond motifs is 11. The van der Waals surface area contributed by atoms with Gasteiger partial charge in [-0.25, -0.2) is 0 Å². The standard InChI is InChI=1S/C98H135BClN21O22S/c1-11-13-23-77-91(134)109-68(36-53(3)4)88(131)115-75(86(129)106-47-82(103)125)51-144-52-83(126)107-71(38-56-27-31-61(122)32-28-56)94(137)116(8)55(7)85(128)111-73(43-81(102)124)96(139)120-35-19-26-78(120)92(135)114-74-46-104-44-57-29-30-60(100)41-65(57)99(142)143-84(127)50-119-48-59(64-21-16-18-25-76(64)119)40-72(95(138)118(10)79(24-14-12-2)98(141)117(77)9)113-87(130)67(33-34-101)108-89(132)69(39-58-45-105-66-22-17-15-20-63(58)66)110-93(136)80-42-62(123)49-121(80)97(140)70(37-54(5)6)112-90(74)133/h15-18,20-22,25,27-32,41,45,48,53-55,62,67-75,77-80,104-105,122-123,142H,11-14,19,23-24,26,33-40,42-44,46-47,49-52,101H2,1-10H3,(H2,102,124)(H2,103,125)(H,106,129)(H,107,126)(H,108,132)(H,109,134)(H,110,136)(H,111,128)(H,112,133)(H,113,130)(H,114,135)(H,115,131)/t55-,62+,67-,68-,69-,70-,71-,72-,73-,74-,75-,77-,78-,79-,80-/m0/s1. The fraction of sp³-hybridized carbons (Fsp3) is 0.531. The lowest BCUT2D eigenvalue weighted by Crippen LogP contribution is -2.62. The molecule has 17 amide bonds. The highest BCUT2D eigenvalue weighted by molar-refractivity contribution is 8.00. The van der Waals surface area contributed by atoms with E-state index < -0.39 is 267 Å². The minimum absolute atomic E-state index is 0.0122. The lowest BCUT2D eigenvalue weighted by molar-refractivity contribution is -0.149. The van der Waals surface area contributed by atoms with Crippen LogP contribution < -0.4 is 81.1 Å². The van der Waals surface area contributed by atoms with Crippen LogP contribution >= 0.6 is 23.4 Å². The number of thioether (sulfide) groups is 1. The number of aromatic amines is 1. The normalized spacial score (nSPS) is 24.8. The van der Waals surface area contributed by atoms with Crippen LogP contribution in [0.1, 0.15) is 154 Å². The van der Waals surface area contributed by atoms with E-state index in [1.165, 1.54) is 86.2 Å². The van der Waals surface area contributed by atoms with Crippen molar-refractivity contribution in [2.75, 3.05) is 65.4 Å². The Hall–Kier alpha value is -13.2. The van der Waals surface area contributed by atoms with Gasteiger partial charge in [0.15, 0.2) is 0 Å². The van der Waals surface area contributed by atoms with Crippen LogP contribution in [0.25, 0.3) is 21.8 Å². The maximum atomic E-state index is 16.3. The highest BCUT2D eigenvalue weighted by atomic mass is 35.5. The molecule has 780 valence electrons. The number of carbonyl (C=O) groups excluding carboxylic acids is 18. The number of phenols is 1. The van der Waals surface area contributed by atoms with Crippen LogP contribution in [0.4, 0.5) is 0 Å². The second kappa shape index (κ2) is 52.9. The Kier molecular flexibility index (Phi) is 41.4. The third-order valence-electron chi connectivity index (χ3n) is 26.1. The summed E-state index contributed by atoms with van der Waals surface area (Å²) in [6, 6.07) is 1.43. The monoisotopic (exact) mass is 2040 g/mol. The molecule has 144 heavy (non-hydrogen) atoms. The first kappa shape index (κ1) is 113. The topological polar surface area (TPSA) is 624 Å². The van der Waals surface area contributed by atoms with Gasteiger partial charge in [-0.05, 0) is 129 Å². The molecule has 46 heteroatoms. The molecule has 6 aromatic rings. The van der Waals surface area contributed by atoms with Gasteiger partial charge in [-0.15, -0.1) is 11.8 Å². The molecule has 43 nitrogen and oxygen atoms in total. The number of unbranched alkanes of at least 4 members (excludes halogenated alkanes) is 2. The zero-order valence-corrected chi connectivity index (χ0v) is 84.3. The minimum Gasteiger partial charge on any atom is -0.508 e. The van der Waals surface area contributed by atoms with Crippen molar-refractivity contribution in [1.29, 1.82) is 0 Å². The van der Waals surface area contributed by atoms with Crippen molar-refractivity contribution < 1.29 is 106 Å². The zero-order valence-electron chi connectivity index (χ0n) is 82.7. The molecule has 2 saturated heterocycles. The smallest absolute Gasteiger partial charge is 0.508 e. The van der Waals surface area contributed by atoms with Gasteiger partial charge in [-0.1, -0.05) is 133 Å². The summed E-state index contributed by atoms with van der Waals surface area (Å²) in [5.74, 6) is -19.0. The number of halogens is 1. The van der Waals surface area contributed by atoms with Gasteiger partial charge in [-0.3, -0.25) is 86.3 Å². The number of primary amides is 2. The first-order valence-corrected chi connectivity index (χ1v) is 50.2. The fourth-order valence-electron chi connectivity index (χ4n) is 18.3. The second-order valence-electron chi connectivity index (χ2n) is 38.0. The number of amides is 17. The third kappa shape index (κ3) is 30.4. The van der Waals surface area contributed by atoms with E-state index in [1.54, 1.807) is 82.4 Å². The van der Waals surface area contributed by atoms with Crippen molar-refractivity contribution in [3.63, 3.8) is 0 Å². The van der Waals surface area contributed by atoms with Crippen molar-refractivity contribution in [3.05, 3.63) is 131 Å². The number of para-hydroxylation sites is 2. The molecule has 4 aromatic carbocycles. The summed E-state index contributed by atoms with van der Waals surface area (Å²) in [5, 5.41) is 65.3. The maximum Gasteiger partial charge on any atom is 0.562 e. The summed E-state index contributed by atoms with van der Waals surface area (Å²) in [5.41, 5.74) is 19.9. The summed E-state index contributed by atoms with van der Waals surface area (Å²) in [6.45, 7) is 8.78. The van der Waals surface area contributed by atoms with Crippen LogP contribution in [0.15, 0.2) is 103 Å². The fourth-order valence-corrected chi connectivity index (χ4v) is 19.3. The van der Waals surface area contributed by atoms with E-state index in [4.69, 9.17) is 33.5 Å². The lowest BCUT2D eigenvalue weighted by Gasteiger charge is -2.36. The van der Waals surface area contributed by atoms with Gasteiger partial charge < -0.3 is 130 Å². The summed E-state index contributed by atoms with van der Waals surface area (Å²) in [7, 11) is 1.83. The van der Waals surface area contributed by atoms with Gasteiger partial charge in [0.1, 0.15) is 96.9 Å². The Balaban J connectivity index is 1.12.